The second-order valence-electron chi connectivity index (χ2n) is 0. The molecule has 57 valence electrons. The molecule has 0 spiro atoms. The van der Waals surface area contributed by atoms with Gasteiger partial charge in [-0.2, -0.15) is 0 Å². The Morgan fingerprint density at radius 3 is 0.273 bits per heavy atom. The van der Waals surface area contributed by atoms with Crippen LogP contribution >= 0.6 is 0 Å². The maximum Gasteiger partial charge on any atom is 2.00 e. The van der Waals surface area contributed by atoms with Crippen LogP contribution in [0.3, 0.4) is 0 Å². The molecule has 0 atom stereocenters. The number of rotatable bonds is 0. The van der Waals surface area contributed by atoms with E-state index in [0.29, 0.717) is 0 Å². The van der Waals surface area contributed by atoms with E-state index >= 15 is 0 Å². The predicted molar refractivity (Wildman–Crippen MR) is 27.1 cm³/mol. The molecule has 0 unspecified atom stereocenters. The summed E-state index contributed by atoms with van der Waals surface area (Å²) in [6.45, 7) is 0. The third kappa shape index (κ3) is 94.1. The van der Waals surface area contributed by atoms with E-state index in [1.165, 1.54) is 0 Å². The molecule has 0 aromatic heterocycles. The molecule has 0 amide bonds. The van der Waals surface area contributed by atoms with Gasteiger partial charge in [-0.05, 0) is 0 Å². The first-order chi connectivity index (χ1) is 0. The van der Waals surface area contributed by atoms with Crippen molar-refractivity contribution in [3.8, 4) is 0 Å². The van der Waals surface area contributed by atoms with Crippen LogP contribution in [0.2, 0.25) is 0 Å². The molecule has 11 heavy (non-hydrogen) atoms. The van der Waals surface area contributed by atoms with Gasteiger partial charge in [-0.15, -0.1) is 0 Å². The van der Waals surface area contributed by atoms with Crippen molar-refractivity contribution in [2.24, 2.45) is 0 Å². The molecule has 0 N–H and O–H groups in total. The Labute approximate surface area is 198 Å². The molecule has 0 aromatic rings. The van der Waals surface area contributed by atoms with E-state index in [0.717, 1.165) is 0 Å². The smallest absolute Gasteiger partial charge is 2.00 e. The van der Waals surface area contributed by atoms with Crippen molar-refractivity contribution in [1.29, 1.82) is 0 Å². The van der Waals surface area contributed by atoms with Gasteiger partial charge in [0.1, 0.15) is 0 Å². The van der Waals surface area contributed by atoms with Gasteiger partial charge in [0.25, 0.3) is 0 Å². The molecular weight excluding hydrogens is 449 g/mol. The molecule has 0 saturated heterocycles. The van der Waals surface area contributed by atoms with E-state index in [2.05, 4.69) is 0 Å². The SMILES string of the molecule is [Ca+2].[Ca+2].[Ca+2].[Ca+2].[Ir].[O-2].[O-2].[O-2].[O-2].[O-2].[O-2]. The second kappa shape index (κ2) is 109. The Morgan fingerprint density at radius 2 is 0.273 bits per heavy atom. The molecule has 0 bridgehead atoms. The fourth-order valence-corrected chi connectivity index (χ4v) is 0. The quantitative estimate of drug-likeness (QED) is 0.365. The molecule has 0 aliphatic rings. The summed E-state index contributed by atoms with van der Waals surface area (Å²) in [5.41, 5.74) is 0. The maximum atomic E-state index is 0. The third-order valence-electron chi connectivity index (χ3n) is 0. The van der Waals surface area contributed by atoms with Gasteiger partial charge < -0.3 is 32.9 Å². The summed E-state index contributed by atoms with van der Waals surface area (Å²) in [5.74, 6) is 0. The van der Waals surface area contributed by atoms with Gasteiger partial charge >= 0.3 is 151 Å². The van der Waals surface area contributed by atoms with Crippen LogP contribution in [-0.2, 0) is 53.0 Å². The normalized spacial score (nSPS) is 0. The Kier molecular flexibility index (Phi) is 1310. The molecule has 0 fully saturated rings. The molecule has 0 saturated carbocycles. The number of hydrogen-bond acceptors (Lipinski definition) is 0. The van der Waals surface area contributed by atoms with Crippen LogP contribution in [0.4, 0.5) is 0 Å². The summed E-state index contributed by atoms with van der Waals surface area (Å²) in [6.07, 6.45) is 0. The first-order valence-corrected chi connectivity index (χ1v) is 0. The molecule has 1 radical (unpaired) electrons. The Hall–Kier alpha value is 5.45. The molecule has 0 aromatic carbocycles. The average Bonchev–Trinajstić information content (AvgIpc) is 0. The molecule has 6 nitrogen and oxygen atoms in total. The van der Waals surface area contributed by atoms with Gasteiger partial charge in [-0.3, -0.25) is 0 Å². The fraction of sp³-hybridized carbons (Fsp3) is 0. The van der Waals surface area contributed by atoms with Crippen molar-refractivity contribution in [2.75, 3.05) is 0 Å². The minimum Gasteiger partial charge on any atom is -2.00 e. The molecule has 0 aliphatic carbocycles. The largest absolute Gasteiger partial charge is 2.00 e. The molecule has 0 heterocycles. The van der Waals surface area contributed by atoms with E-state index in [9.17, 15) is 0 Å². The fourth-order valence-electron chi connectivity index (χ4n) is 0. The van der Waals surface area contributed by atoms with E-state index < -0.39 is 0 Å². The second-order valence-corrected chi connectivity index (χ2v) is 0. The summed E-state index contributed by atoms with van der Waals surface area (Å²) in [5, 5.41) is 0. The Bertz CT molecular complexity index is 14.5. The Balaban J connectivity index is 0. The maximum absolute atomic E-state index is 0. The summed E-state index contributed by atoms with van der Waals surface area (Å²) >= 11 is 0. The van der Waals surface area contributed by atoms with Gasteiger partial charge in [0, 0.05) is 20.1 Å². The summed E-state index contributed by atoms with van der Waals surface area (Å²) < 4.78 is 0. The van der Waals surface area contributed by atoms with Gasteiger partial charge in [0.05, 0.1) is 0 Å². The van der Waals surface area contributed by atoms with E-state index in [-0.39, 0.29) is 204 Å². The van der Waals surface area contributed by atoms with Crippen LogP contribution in [0.15, 0.2) is 0 Å². The van der Waals surface area contributed by atoms with Crippen molar-refractivity contribution in [3.05, 3.63) is 0 Å². The van der Waals surface area contributed by atoms with Gasteiger partial charge in [0.2, 0.25) is 0 Å². The van der Waals surface area contributed by atoms with Gasteiger partial charge in [-0.1, -0.05) is 0 Å². The third-order valence-corrected chi connectivity index (χ3v) is 0. The zero-order chi connectivity index (χ0) is 0. The molecule has 0 aliphatic heterocycles. The van der Waals surface area contributed by atoms with E-state index in [1.807, 2.05) is 0 Å². The van der Waals surface area contributed by atoms with Crippen molar-refractivity contribution in [2.45, 2.75) is 0 Å². The monoisotopic (exact) mass is 449 g/mol. The van der Waals surface area contributed by atoms with Crippen LogP contribution in [0.5, 0.6) is 0 Å². The van der Waals surface area contributed by atoms with Crippen molar-refractivity contribution >= 4 is 151 Å². The molecular formula is Ca4IrO6-4. The van der Waals surface area contributed by atoms with Crippen molar-refractivity contribution in [3.63, 3.8) is 0 Å². The van der Waals surface area contributed by atoms with Crippen molar-refractivity contribution < 1.29 is 53.0 Å². The minimum atomic E-state index is 0. The standard InChI is InChI=1S/4Ca.Ir.6O/q4*+2;;6*-2. The number of hydrogen-bond donors (Lipinski definition) is 0. The zero-order valence-corrected chi connectivity index (χ0v) is 16.8. The summed E-state index contributed by atoms with van der Waals surface area (Å²) in [6, 6.07) is 0. The molecule has 11 heteroatoms. The summed E-state index contributed by atoms with van der Waals surface area (Å²) in [4.78, 5) is 0. The van der Waals surface area contributed by atoms with Gasteiger partial charge in [0.15, 0.2) is 0 Å². The van der Waals surface area contributed by atoms with E-state index in [1.54, 1.807) is 0 Å². The van der Waals surface area contributed by atoms with Crippen LogP contribution in [0.1, 0.15) is 0 Å². The first-order valence-electron chi connectivity index (χ1n) is 0. The first kappa shape index (κ1) is 132. The zero-order valence-electron chi connectivity index (χ0n) is 5.61. The van der Waals surface area contributed by atoms with Crippen LogP contribution in [-0.4, -0.2) is 151 Å². The van der Waals surface area contributed by atoms with Crippen molar-refractivity contribution in [1.82, 2.24) is 0 Å². The average molecular weight is 449 g/mol. The van der Waals surface area contributed by atoms with Crippen LogP contribution in [0.25, 0.3) is 0 Å². The Morgan fingerprint density at radius 1 is 0.273 bits per heavy atom. The van der Waals surface area contributed by atoms with Gasteiger partial charge in [-0.25, -0.2) is 0 Å². The predicted octanol–water partition coefficient (Wildman–Crippen LogP) is -2.24. The van der Waals surface area contributed by atoms with Crippen LogP contribution in [0, 0.1) is 0 Å². The van der Waals surface area contributed by atoms with Crippen LogP contribution < -0.4 is 0 Å². The molecule has 0 rings (SSSR count). The summed E-state index contributed by atoms with van der Waals surface area (Å²) in [7, 11) is 0. The minimum absolute atomic E-state index is 0. The van der Waals surface area contributed by atoms with E-state index in [4.69, 9.17) is 0 Å². The topological polar surface area (TPSA) is 171 Å².